The van der Waals surface area contributed by atoms with Crippen LogP contribution in [0.4, 0.5) is 0 Å². The van der Waals surface area contributed by atoms with Gasteiger partial charge < -0.3 is 9.64 Å². The van der Waals surface area contributed by atoms with Crippen molar-refractivity contribution in [2.24, 2.45) is 0 Å². The number of ether oxygens (including phenoxy) is 1. The highest BCUT2D eigenvalue weighted by molar-refractivity contribution is 5.94. The highest BCUT2D eigenvalue weighted by Gasteiger charge is 2.26. The van der Waals surface area contributed by atoms with Gasteiger partial charge in [0.25, 0.3) is 5.91 Å². The Bertz CT molecular complexity index is 462. The summed E-state index contributed by atoms with van der Waals surface area (Å²) in [6, 6.07) is 9.33. The number of hydrogen-bond donors (Lipinski definition) is 0. The number of hydrogen-bond acceptors (Lipinski definition) is 3. The predicted octanol–water partition coefficient (Wildman–Crippen LogP) is 1.61. The van der Waals surface area contributed by atoms with Crippen LogP contribution < -0.4 is 0 Å². The van der Waals surface area contributed by atoms with E-state index in [-0.39, 0.29) is 12.0 Å². The van der Waals surface area contributed by atoms with E-state index in [1.165, 1.54) is 0 Å². The van der Waals surface area contributed by atoms with Gasteiger partial charge >= 0.3 is 0 Å². The van der Waals surface area contributed by atoms with Crippen molar-refractivity contribution in [3.63, 3.8) is 0 Å². The molecule has 1 aliphatic heterocycles. The van der Waals surface area contributed by atoms with Crippen LogP contribution in [0.25, 0.3) is 0 Å². The summed E-state index contributed by atoms with van der Waals surface area (Å²) in [5, 5.41) is 8.59. The summed E-state index contributed by atoms with van der Waals surface area (Å²) in [4.78, 5) is 14.0. The van der Waals surface area contributed by atoms with E-state index in [1.807, 2.05) is 17.0 Å². The smallest absolute Gasteiger partial charge is 0.253 e. The van der Waals surface area contributed by atoms with E-state index in [0.29, 0.717) is 18.5 Å². The fourth-order valence-corrected chi connectivity index (χ4v) is 2.14. The molecule has 94 valence electrons. The largest absolute Gasteiger partial charge is 0.380 e. The molecule has 1 aromatic rings. The third kappa shape index (κ3) is 2.69. The molecule has 1 atom stereocenters. The van der Waals surface area contributed by atoms with Crippen molar-refractivity contribution in [1.82, 2.24) is 4.90 Å². The fourth-order valence-electron chi connectivity index (χ4n) is 2.14. The minimum Gasteiger partial charge on any atom is -0.380 e. The molecule has 0 aliphatic carbocycles. The summed E-state index contributed by atoms with van der Waals surface area (Å²) in [5.74, 6) is 0.0399. The lowest BCUT2D eigenvalue weighted by Gasteiger charge is -2.16. The van der Waals surface area contributed by atoms with Crippen LogP contribution in [0.1, 0.15) is 22.3 Å². The zero-order valence-electron chi connectivity index (χ0n) is 10.4. The maximum atomic E-state index is 12.2. The molecule has 0 N–H and O–H groups in total. The Hall–Kier alpha value is -1.86. The van der Waals surface area contributed by atoms with Gasteiger partial charge in [-0.05, 0) is 24.1 Å². The lowest BCUT2D eigenvalue weighted by molar-refractivity contribution is 0.0724. The van der Waals surface area contributed by atoms with Crippen molar-refractivity contribution >= 4 is 5.91 Å². The topological polar surface area (TPSA) is 53.3 Å². The van der Waals surface area contributed by atoms with E-state index in [9.17, 15) is 4.79 Å². The lowest BCUT2D eigenvalue weighted by Crippen LogP contribution is -2.29. The molecule has 1 fully saturated rings. The summed E-state index contributed by atoms with van der Waals surface area (Å²) in [5.41, 5.74) is 1.61. The molecule has 18 heavy (non-hydrogen) atoms. The van der Waals surface area contributed by atoms with Gasteiger partial charge in [-0.15, -0.1) is 0 Å². The molecule has 0 aromatic heterocycles. The monoisotopic (exact) mass is 244 g/mol. The molecular weight excluding hydrogens is 228 g/mol. The van der Waals surface area contributed by atoms with Crippen LogP contribution in [0.2, 0.25) is 0 Å². The number of methoxy groups -OCH3 is 1. The highest BCUT2D eigenvalue weighted by atomic mass is 16.5. The molecule has 0 saturated carbocycles. The first-order chi connectivity index (χ1) is 8.74. The second-order valence-electron chi connectivity index (χ2n) is 4.43. The molecule has 4 heteroatoms. The van der Waals surface area contributed by atoms with Crippen LogP contribution in [-0.4, -0.2) is 37.1 Å². The van der Waals surface area contributed by atoms with Gasteiger partial charge in [0.2, 0.25) is 0 Å². The summed E-state index contributed by atoms with van der Waals surface area (Å²) < 4.78 is 5.25. The van der Waals surface area contributed by atoms with Gasteiger partial charge in [0.15, 0.2) is 0 Å². The van der Waals surface area contributed by atoms with Gasteiger partial charge in [-0.25, -0.2) is 0 Å². The van der Waals surface area contributed by atoms with E-state index in [0.717, 1.165) is 18.5 Å². The molecule has 1 saturated heterocycles. The second-order valence-corrected chi connectivity index (χ2v) is 4.43. The Morgan fingerprint density at radius 3 is 2.78 bits per heavy atom. The van der Waals surface area contributed by atoms with Crippen LogP contribution in [-0.2, 0) is 11.2 Å². The molecule has 0 bridgehead atoms. The van der Waals surface area contributed by atoms with Gasteiger partial charge in [-0.1, -0.05) is 12.1 Å². The van der Waals surface area contributed by atoms with E-state index >= 15 is 0 Å². The number of carbonyl (C=O) groups is 1. The van der Waals surface area contributed by atoms with Crippen LogP contribution in [0.5, 0.6) is 0 Å². The van der Waals surface area contributed by atoms with E-state index in [4.69, 9.17) is 10.00 Å². The maximum Gasteiger partial charge on any atom is 0.253 e. The second kappa shape index (κ2) is 5.65. The Morgan fingerprint density at radius 1 is 1.50 bits per heavy atom. The van der Waals surface area contributed by atoms with Gasteiger partial charge in [-0.3, -0.25) is 4.79 Å². The van der Waals surface area contributed by atoms with Crippen molar-refractivity contribution < 1.29 is 9.53 Å². The van der Waals surface area contributed by atoms with Crippen LogP contribution in [0.3, 0.4) is 0 Å². The number of rotatable bonds is 3. The fraction of sp³-hybridized carbons (Fsp3) is 0.429. The highest BCUT2D eigenvalue weighted by Crippen LogP contribution is 2.16. The number of carbonyl (C=O) groups excluding carboxylic acids is 1. The van der Waals surface area contributed by atoms with E-state index in [2.05, 4.69) is 6.07 Å². The number of likely N-dealkylation sites (tertiary alicyclic amines) is 1. The molecule has 0 spiro atoms. The van der Waals surface area contributed by atoms with Crippen LogP contribution in [0.15, 0.2) is 24.3 Å². The van der Waals surface area contributed by atoms with Crippen molar-refractivity contribution in [3.8, 4) is 6.07 Å². The third-order valence-electron chi connectivity index (χ3n) is 3.25. The first kappa shape index (κ1) is 12.6. The number of benzene rings is 1. The van der Waals surface area contributed by atoms with Crippen molar-refractivity contribution in [1.29, 1.82) is 5.26 Å². The molecule has 4 nitrogen and oxygen atoms in total. The van der Waals surface area contributed by atoms with Crippen molar-refractivity contribution in [2.45, 2.75) is 18.9 Å². The molecule has 1 aromatic carbocycles. The van der Waals surface area contributed by atoms with Crippen LogP contribution in [0, 0.1) is 11.3 Å². The van der Waals surface area contributed by atoms with Gasteiger partial charge in [-0.2, -0.15) is 5.26 Å². The first-order valence-electron chi connectivity index (χ1n) is 6.02. The summed E-state index contributed by atoms with van der Waals surface area (Å²) in [6.45, 7) is 1.41. The van der Waals surface area contributed by atoms with E-state index < -0.39 is 0 Å². The zero-order valence-corrected chi connectivity index (χ0v) is 10.4. The average molecular weight is 244 g/mol. The molecule has 1 amide bonds. The minimum absolute atomic E-state index is 0.0399. The quantitative estimate of drug-likeness (QED) is 0.811. The Labute approximate surface area is 107 Å². The molecule has 0 unspecified atom stereocenters. The van der Waals surface area contributed by atoms with Crippen molar-refractivity contribution in [2.75, 3.05) is 20.2 Å². The number of nitriles is 1. The standard InChI is InChI=1S/C14H16N2O2/c1-18-13-7-9-16(10-13)14(17)12-4-2-11(3-5-12)6-8-15/h2-5,13H,6-7,9-10H2,1H3/t13-/m1/s1. The predicted molar refractivity (Wildman–Crippen MR) is 67.1 cm³/mol. The molecule has 1 heterocycles. The Morgan fingerprint density at radius 2 is 2.22 bits per heavy atom. The molecule has 1 aliphatic rings. The first-order valence-corrected chi connectivity index (χ1v) is 6.02. The number of amides is 1. The Kier molecular flexibility index (Phi) is 3.96. The summed E-state index contributed by atoms with van der Waals surface area (Å²) in [7, 11) is 1.68. The normalized spacial score (nSPS) is 18.7. The third-order valence-corrected chi connectivity index (χ3v) is 3.25. The van der Waals surface area contributed by atoms with Gasteiger partial charge in [0.05, 0.1) is 18.6 Å². The lowest BCUT2D eigenvalue weighted by atomic mass is 10.1. The van der Waals surface area contributed by atoms with Crippen molar-refractivity contribution in [3.05, 3.63) is 35.4 Å². The number of nitrogens with zero attached hydrogens (tertiary/aromatic N) is 2. The Balaban J connectivity index is 2.03. The van der Waals surface area contributed by atoms with Gasteiger partial charge in [0.1, 0.15) is 0 Å². The molecule has 0 radical (unpaired) electrons. The summed E-state index contributed by atoms with van der Waals surface area (Å²) in [6.07, 6.45) is 1.44. The molecule has 2 rings (SSSR count). The average Bonchev–Trinajstić information content (AvgIpc) is 2.88. The molecular formula is C14H16N2O2. The summed E-state index contributed by atoms with van der Waals surface area (Å²) >= 11 is 0. The van der Waals surface area contributed by atoms with E-state index in [1.54, 1.807) is 19.2 Å². The van der Waals surface area contributed by atoms with Crippen LogP contribution >= 0.6 is 0 Å². The zero-order chi connectivity index (χ0) is 13.0. The minimum atomic E-state index is 0.0399. The van der Waals surface area contributed by atoms with Gasteiger partial charge in [0, 0.05) is 25.8 Å². The SMILES string of the molecule is CO[C@@H]1CCN(C(=O)c2ccc(CC#N)cc2)C1. The maximum absolute atomic E-state index is 12.2.